The quantitative estimate of drug-likeness (QED) is 0.404. The second-order valence-corrected chi connectivity index (χ2v) is 10.3. The third-order valence-corrected chi connectivity index (χ3v) is 7.31. The number of likely N-dealkylation sites (tertiary alicyclic amines) is 1. The highest BCUT2D eigenvalue weighted by Gasteiger charge is 2.36. The number of amides is 2. The van der Waals surface area contributed by atoms with Crippen LogP contribution in [0.1, 0.15) is 24.6 Å². The van der Waals surface area contributed by atoms with Gasteiger partial charge in [0.25, 0.3) is 0 Å². The van der Waals surface area contributed by atoms with E-state index >= 15 is 0 Å². The van der Waals surface area contributed by atoms with Crippen LogP contribution in [0, 0.1) is 18.9 Å². The van der Waals surface area contributed by atoms with Crippen molar-refractivity contribution in [3.05, 3.63) is 59.4 Å². The average molecular weight is 496 g/mol. The van der Waals surface area contributed by atoms with Crippen molar-refractivity contribution in [3.8, 4) is 12.3 Å². The number of carbonyl (C=O) groups is 2. The highest BCUT2D eigenvalue weighted by molar-refractivity contribution is 7.88. The molecule has 1 fully saturated rings. The molecule has 0 aromatic heterocycles. The van der Waals surface area contributed by atoms with Crippen LogP contribution in [0.15, 0.2) is 42.5 Å². The monoisotopic (exact) mass is 495 g/mol. The van der Waals surface area contributed by atoms with Crippen molar-refractivity contribution in [2.24, 2.45) is 0 Å². The van der Waals surface area contributed by atoms with Gasteiger partial charge in [0.1, 0.15) is 0 Å². The van der Waals surface area contributed by atoms with Crippen molar-refractivity contribution in [3.63, 3.8) is 0 Å². The molecule has 2 amide bonds. The number of nitrogens with zero attached hydrogens (tertiary/aromatic N) is 3. The minimum absolute atomic E-state index is 0.0487. The summed E-state index contributed by atoms with van der Waals surface area (Å²) < 4.78 is 26.1. The minimum atomic E-state index is -3.67. The molecule has 1 saturated heterocycles. The Hall–Kier alpha value is -3.44. The number of hydrogen-bond donors (Lipinski definition) is 2. The predicted molar refractivity (Wildman–Crippen MR) is 134 cm³/mol. The molecule has 1 aliphatic rings. The third kappa shape index (κ3) is 6.80. The smallest absolute Gasteiger partial charge is 0.306 e. The van der Waals surface area contributed by atoms with Crippen molar-refractivity contribution in [2.75, 3.05) is 39.0 Å². The third-order valence-electron chi connectivity index (χ3n) is 6.04. The molecule has 9 nitrogen and oxygen atoms in total. The molecule has 0 aliphatic carbocycles. The fraction of sp³-hybridized carbons (Fsp3) is 0.400. The van der Waals surface area contributed by atoms with E-state index in [1.54, 1.807) is 0 Å². The largest absolute Gasteiger partial charge is 0.346 e. The van der Waals surface area contributed by atoms with Crippen LogP contribution < -0.4 is 10.6 Å². The van der Waals surface area contributed by atoms with E-state index in [1.807, 2.05) is 42.5 Å². The zero-order valence-electron chi connectivity index (χ0n) is 19.6. The zero-order chi connectivity index (χ0) is 25.4. The molecule has 0 radical (unpaired) electrons. The zero-order valence-corrected chi connectivity index (χ0v) is 20.4. The van der Waals surface area contributed by atoms with Crippen molar-refractivity contribution < 1.29 is 18.0 Å². The number of fused-ring (bicyclic) bond motifs is 1. The standard InChI is InChI=1S/C25H29N5O4S/c1-4-14-27-23(31)17-28-24(32)18-30(35(3,33)34)20-12-15-29(16-13-20)25(26-2)22-11-7-9-19-8-5-6-10-21(19)22/h1,5-11,20,25H,12-18H2,3H3,(H,27,31)(H,28,32). The normalized spacial score (nSPS) is 15.8. The first-order chi connectivity index (χ1) is 16.7. The van der Waals surface area contributed by atoms with Gasteiger partial charge in [0.05, 0.1) is 31.5 Å². The van der Waals surface area contributed by atoms with E-state index in [9.17, 15) is 18.0 Å². The molecule has 0 saturated carbocycles. The maximum Gasteiger partial charge on any atom is 0.306 e. The first-order valence-corrected chi connectivity index (χ1v) is 13.1. The van der Waals surface area contributed by atoms with Crippen LogP contribution in [-0.4, -0.2) is 74.5 Å². The Morgan fingerprint density at radius 3 is 2.51 bits per heavy atom. The van der Waals surface area contributed by atoms with Crippen LogP contribution in [-0.2, 0) is 19.6 Å². The second-order valence-electron chi connectivity index (χ2n) is 8.40. The summed E-state index contributed by atoms with van der Waals surface area (Å²) in [6, 6.07) is 13.5. The summed E-state index contributed by atoms with van der Waals surface area (Å²) >= 11 is 0. The Kier molecular flexibility index (Phi) is 8.83. The van der Waals surface area contributed by atoms with Crippen LogP contribution in [0.3, 0.4) is 0 Å². The summed E-state index contributed by atoms with van der Waals surface area (Å²) in [5, 5.41) is 6.95. The first-order valence-electron chi connectivity index (χ1n) is 11.3. The van der Waals surface area contributed by atoms with E-state index < -0.39 is 28.0 Å². The number of piperidine rings is 1. The van der Waals surface area contributed by atoms with E-state index in [2.05, 4.69) is 26.3 Å². The Morgan fingerprint density at radius 2 is 1.86 bits per heavy atom. The van der Waals surface area contributed by atoms with Gasteiger partial charge in [-0.15, -0.1) is 6.42 Å². The van der Waals surface area contributed by atoms with Gasteiger partial charge < -0.3 is 10.6 Å². The van der Waals surface area contributed by atoms with Gasteiger partial charge in [0.15, 0.2) is 0 Å². The van der Waals surface area contributed by atoms with E-state index in [4.69, 9.17) is 13.0 Å². The number of sulfonamides is 1. The Morgan fingerprint density at radius 1 is 1.17 bits per heavy atom. The van der Waals surface area contributed by atoms with Crippen LogP contribution in [0.4, 0.5) is 0 Å². The maximum absolute atomic E-state index is 12.5. The molecule has 1 atom stereocenters. The lowest BCUT2D eigenvalue weighted by Crippen LogP contribution is -2.51. The second kappa shape index (κ2) is 11.8. The van der Waals surface area contributed by atoms with Gasteiger partial charge in [-0.1, -0.05) is 42.3 Å². The van der Waals surface area contributed by atoms with E-state index in [1.165, 1.54) is 4.31 Å². The van der Waals surface area contributed by atoms with Crippen molar-refractivity contribution in [1.82, 2.24) is 19.8 Å². The molecule has 2 N–H and O–H groups in total. The van der Waals surface area contributed by atoms with Crippen LogP contribution >= 0.6 is 0 Å². The molecule has 1 unspecified atom stereocenters. The van der Waals surface area contributed by atoms with E-state index in [-0.39, 0.29) is 25.7 Å². The summed E-state index contributed by atoms with van der Waals surface area (Å²) in [7, 11) is -3.67. The molecule has 2 aromatic carbocycles. The molecule has 0 bridgehead atoms. The molecule has 184 valence electrons. The summed E-state index contributed by atoms with van der Waals surface area (Å²) in [5.41, 5.74) is 0.930. The van der Waals surface area contributed by atoms with Gasteiger partial charge in [-0.3, -0.25) is 14.4 Å². The number of terminal acetylenes is 1. The lowest BCUT2D eigenvalue weighted by atomic mass is 9.99. The highest BCUT2D eigenvalue weighted by Crippen LogP contribution is 2.32. The van der Waals surface area contributed by atoms with Crippen LogP contribution in [0.5, 0.6) is 0 Å². The highest BCUT2D eigenvalue weighted by atomic mass is 32.2. The predicted octanol–water partition coefficient (Wildman–Crippen LogP) is 1.35. The molecule has 35 heavy (non-hydrogen) atoms. The van der Waals surface area contributed by atoms with Gasteiger partial charge >= 0.3 is 6.17 Å². The van der Waals surface area contributed by atoms with Gasteiger partial charge in [0.2, 0.25) is 21.8 Å². The Bertz CT molecular complexity index is 1250. The van der Waals surface area contributed by atoms with Crippen LogP contribution in [0.2, 0.25) is 0 Å². The number of rotatable bonds is 9. The van der Waals surface area contributed by atoms with E-state index in [0.717, 1.165) is 22.6 Å². The fourth-order valence-electron chi connectivity index (χ4n) is 4.35. The molecule has 3 rings (SSSR count). The van der Waals surface area contributed by atoms with Crippen LogP contribution in [0.25, 0.3) is 15.6 Å². The molecular weight excluding hydrogens is 466 g/mol. The molecule has 10 heteroatoms. The summed E-state index contributed by atoms with van der Waals surface area (Å²) in [5.74, 6) is 1.25. The number of benzene rings is 2. The number of nitrogens with one attached hydrogen (secondary N) is 2. The lowest BCUT2D eigenvalue weighted by molar-refractivity contribution is -0.126. The van der Waals surface area contributed by atoms with Crippen molar-refractivity contribution >= 4 is 32.6 Å². The fourth-order valence-corrected chi connectivity index (χ4v) is 5.45. The van der Waals surface area contributed by atoms with Crippen molar-refractivity contribution in [1.29, 1.82) is 0 Å². The summed E-state index contributed by atoms with van der Waals surface area (Å²) in [4.78, 5) is 29.9. The number of carbonyl (C=O) groups excluding carboxylic acids is 2. The summed E-state index contributed by atoms with van der Waals surface area (Å²) in [6.07, 6.45) is 6.65. The lowest BCUT2D eigenvalue weighted by Gasteiger charge is -2.37. The maximum atomic E-state index is 12.5. The molecule has 0 spiro atoms. The SMILES string of the molecule is [C-]#[N+]C(c1cccc2ccccc12)N1CCC(N(CC(=O)NCC(=O)NCC#C)S(C)(=O)=O)CC1. The Labute approximate surface area is 206 Å². The Balaban J connectivity index is 1.65. The van der Waals surface area contributed by atoms with Gasteiger partial charge in [-0.2, -0.15) is 4.31 Å². The average Bonchev–Trinajstić information content (AvgIpc) is 2.85. The van der Waals surface area contributed by atoms with Gasteiger partial charge in [-0.25, -0.2) is 19.9 Å². The molecule has 1 heterocycles. The molecule has 1 aliphatic heterocycles. The number of hydrogen-bond acceptors (Lipinski definition) is 5. The molecule has 2 aromatic rings. The topological polar surface area (TPSA) is 103 Å². The van der Waals surface area contributed by atoms with Gasteiger partial charge in [-0.05, 0) is 29.7 Å². The van der Waals surface area contributed by atoms with E-state index in [0.29, 0.717) is 25.9 Å². The minimum Gasteiger partial charge on any atom is -0.346 e. The molecular formula is C25H29N5O4S. The first kappa shape index (κ1) is 26.2. The van der Waals surface area contributed by atoms with Gasteiger partial charge in [0, 0.05) is 19.1 Å². The summed E-state index contributed by atoms with van der Waals surface area (Å²) in [6.45, 7) is 8.26. The van der Waals surface area contributed by atoms with Crippen molar-refractivity contribution in [2.45, 2.75) is 25.0 Å².